The zero-order valence-electron chi connectivity index (χ0n) is 13.3. The van der Waals surface area contributed by atoms with Crippen molar-refractivity contribution in [2.75, 3.05) is 19.5 Å². The van der Waals surface area contributed by atoms with E-state index in [1.807, 2.05) is 5.94 Å². The van der Waals surface area contributed by atoms with E-state index in [0.717, 1.165) is 5.56 Å². The summed E-state index contributed by atoms with van der Waals surface area (Å²) in [6, 6.07) is 11.6. The molecule has 0 fully saturated rings. The maximum atomic E-state index is 11.2. The molecule has 0 aromatic heterocycles. The third kappa shape index (κ3) is 3.94. The molecule has 0 heterocycles. The lowest BCUT2D eigenvalue weighted by Gasteiger charge is -2.12. The Hall–Kier alpha value is -3.24. The monoisotopic (exact) mass is 327 g/mol. The highest BCUT2D eigenvalue weighted by Crippen LogP contribution is 2.28. The standard InChI is InChI=1S/C18H17NO5/c1-23-16-8-7-12(10-17(16)24-2)9-13(11-20)19-15-6-4-3-5-14(15)18(21)22/h3-8,10,19H,9H2,1-2H3,(H,21,22). The maximum Gasteiger partial charge on any atom is 0.337 e. The summed E-state index contributed by atoms with van der Waals surface area (Å²) >= 11 is 0. The van der Waals surface area contributed by atoms with Crippen LogP contribution in [-0.4, -0.2) is 31.2 Å². The fourth-order valence-corrected chi connectivity index (χ4v) is 2.24. The minimum atomic E-state index is -1.07. The van der Waals surface area contributed by atoms with Crippen LogP contribution in [-0.2, 0) is 11.2 Å². The smallest absolute Gasteiger partial charge is 0.337 e. The first-order valence-corrected chi connectivity index (χ1v) is 7.13. The number of carboxylic acid groups (broad SMARTS) is 1. The number of benzene rings is 2. The van der Waals surface area contributed by atoms with Crippen LogP contribution in [0.15, 0.2) is 48.2 Å². The molecular formula is C18H17NO5. The molecule has 0 aliphatic heterocycles. The van der Waals surface area contributed by atoms with Gasteiger partial charge in [0.15, 0.2) is 11.5 Å². The number of carbonyl (C=O) groups excluding carboxylic acids is 1. The van der Waals surface area contributed by atoms with E-state index in [0.29, 0.717) is 17.2 Å². The van der Waals surface area contributed by atoms with E-state index >= 15 is 0 Å². The first-order valence-electron chi connectivity index (χ1n) is 7.13. The Morgan fingerprint density at radius 3 is 2.46 bits per heavy atom. The highest BCUT2D eigenvalue weighted by Gasteiger charge is 2.12. The van der Waals surface area contributed by atoms with Crippen LogP contribution in [0.2, 0.25) is 0 Å². The average Bonchev–Trinajstić information content (AvgIpc) is 2.61. The lowest BCUT2D eigenvalue weighted by atomic mass is 10.1. The number of methoxy groups -OCH3 is 2. The van der Waals surface area contributed by atoms with Crippen molar-refractivity contribution in [3.05, 3.63) is 59.3 Å². The number of anilines is 1. The lowest BCUT2D eigenvalue weighted by Crippen LogP contribution is -2.08. The number of carbonyl (C=O) groups is 1. The maximum absolute atomic E-state index is 11.2. The van der Waals surface area contributed by atoms with Gasteiger partial charge >= 0.3 is 5.97 Å². The van der Waals surface area contributed by atoms with Crippen molar-refractivity contribution in [1.29, 1.82) is 0 Å². The third-order valence-corrected chi connectivity index (χ3v) is 3.40. The highest BCUT2D eigenvalue weighted by molar-refractivity contribution is 5.94. The van der Waals surface area contributed by atoms with E-state index < -0.39 is 5.97 Å². The summed E-state index contributed by atoms with van der Waals surface area (Å²) in [5.41, 5.74) is 1.43. The number of hydrogen-bond donors (Lipinski definition) is 2. The predicted molar refractivity (Wildman–Crippen MR) is 89.5 cm³/mol. The Morgan fingerprint density at radius 1 is 1.12 bits per heavy atom. The van der Waals surface area contributed by atoms with Crippen molar-refractivity contribution < 1.29 is 24.2 Å². The molecule has 2 aromatic rings. The largest absolute Gasteiger partial charge is 0.493 e. The first kappa shape index (κ1) is 17.1. The number of hydrogen-bond acceptors (Lipinski definition) is 5. The van der Waals surface area contributed by atoms with E-state index in [1.165, 1.54) is 13.2 Å². The van der Waals surface area contributed by atoms with Crippen LogP contribution in [0.3, 0.4) is 0 Å². The number of carboxylic acids is 1. The van der Waals surface area contributed by atoms with Gasteiger partial charge in [0, 0.05) is 6.42 Å². The van der Waals surface area contributed by atoms with Gasteiger partial charge in [0.25, 0.3) is 0 Å². The van der Waals surface area contributed by atoms with Gasteiger partial charge in [0.2, 0.25) is 0 Å². The summed E-state index contributed by atoms with van der Waals surface area (Å²) in [6.45, 7) is 0. The molecule has 6 nitrogen and oxygen atoms in total. The second kappa shape index (κ2) is 7.85. The van der Waals surface area contributed by atoms with Crippen LogP contribution in [0.5, 0.6) is 11.5 Å². The van der Waals surface area contributed by atoms with Gasteiger partial charge in [-0.25, -0.2) is 9.59 Å². The van der Waals surface area contributed by atoms with Crippen LogP contribution in [0.1, 0.15) is 15.9 Å². The zero-order chi connectivity index (χ0) is 17.5. The topological polar surface area (TPSA) is 84.9 Å². The SMILES string of the molecule is COc1ccc(CC(=C=O)Nc2ccccc2C(=O)O)cc1OC. The van der Waals surface area contributed by atoms with Gasteiger partial charge in [0.1, 0.15) is 11.6 Å². The van der Waals surface area contributed by atoms with Crippen LogP contribution in [0.4, 0.5) is 5.69 Å². The van der Waals surface area contributed by atoms with E-state index in [9.17, 15) is 14.7 Å². The Bertz CT molecular complexity index is 794. The normalized spacial score (nSPS) is 9.75. The minimum Gasteiger partial charge on any atom is -0.493 e. The average molecular weight is 327 g/mol. The summed E-state index contributed by atoms with van der Waals surface area (Å²) in [5, 5.41) is 12.0. The molecule has 0 aliphatic carbocycles. The fourth-order valence-electron chi connectivity index (χ4n) is 2.24. The number of allylic oxidation sites excluding steroid dienone is 1. The molecule has 0 atom stereocenters. The number of rotatable bonds is 7. The second-order valence-electron chi connectivity index (χ2n) is 4.92. The molecule has 2 N–H and O–H groups in total. The van der Waals surface area contributed by atoms with Crippen molar-refractivity contribution in [2.24, 2.45) is 0 Å². The predicted octanol–water partition coefficient (Wildman–Crippen LogP) is 2.77. The molecule has 24 heavy (non-hydrogen) atoms. The summed E-state index contributed by atoms with van der Waals surface area (Å²) in [4.78, 5) is 22.5. The zero-order valence-corrected chi connectivity index (χ0v) is 13.3. The van der Waals surface area contributed by atoms with Crippen molar-refractivity contribution in [3.8, 4) is 11.5 Å². The number of para-hydroxylation sites is 1. The van der Waals surface area contributed by atoms with E-state index in [-0.39, 0.29) is 17.7 Å². The Balaban J connectivity index is 2.23. The van der Waals surface area contributed by atoms with Crippen LogP contribution in [0, 0.1) is 0 Å². The fraction of sp³-hybridized carbons (Fsp3) is 0.167. The van der Waals surface area contributed by atoms with Crippen molar-refractivity contribution in [2.45, 2.75) is 6.42 Å². The molecule has 0 bridgehead atoms. The quantitative estimate of drug-likeness (QED) is 0.761. The van der Waals surface area contributed by atoms with Gasteiger partial charge in [-0.2, -0.15) is 0 Å². The summed E-state index contributed by atoms with van der Waals surface area (Å²) in [7, 11) is 3.07. The Morgan fingerprint density at radius 2 is 1.83 bits per heavy atom. The summed E-state index contributed by atoms with van der Waals surface area (Å²) in [6.07, 6.45) is 0.248. The van der Waals surface area contributed by atoms with E-state index in [2.05, 4.69) is 5.32 Å². The molecule has 124 valence electrons. The minimum absolute atomic E-state index is 0.0811. The van der Waals surface area contributed by atoms with Gasteiger partial charge in [-0.05, 0) is 29.8 Å². The number of ether oxygens (including phenoxy) is 2. The van der Waals surface area contributed by atoms with Gasteiger partial charge in [-0.3, -0.25) is 0 Å². The molecule has 0 radical (unpaired) electrons. The van der Waals surface area contributed by atoms with Crippen LogP contribution < -0.4 is 14.8 Å². The second-order valence-corrected chi connectivity index (χ2v) is 4.92. The van der Waals surface area contributed by atoms with Gasteiger partial charge in [-0.1, -0.05) is 18.2 Å². The molecule has 0 amide bonds. The Labute approximate surface area is 139 Å². The highest BCUT2D eigenvalue weighted by atomic mass is 16.5. The third-order valence-electron chi connectivity index (χ3n) is 3.40. The molecule has 0 saturated carbocycles. The molecule has 0 spiro atoms. The lowest BCUT2D eigenvalue weighted by molar-refractivity contribution is 0.0698. The van der Waals surface area contributed by atoms with Gasteiger partial charge in [-0.15, -0.1) is 0 Å². The van der Waals surface area contributed by atoms with E-state index in [1.54, 1.807) is 43.5 Å². The van der Waals surface area contributed by atoms with Gasteiger partial charge in [0.05, 0.1) is 25.5 Å². The molecule has 0 aliphatic rings. The molecule has 2 rings (SSSR count). The Kier molecular flexibility index (Phi) is 5.60. The van der Waals surface area contributed by atoms with Crippen molar-refractivity contribution in [3.63, 3.8) is 0 Å². The number of nitrogens with one attached hydrogen (secondary N) is 1. The summed E-state index contributed by atoms with van der Waals surface area (Å²) in [5.74, 6) is 1.88. The molecule has 6 heteroatoms. The molecular weight excluding hydrogens is 310 g/mol. The van der Waals surface area contributed by atoms with Crippen LogP contribution in [0.25, 0.3) is 0 Å². The summed E-state index contributed by atoms with van der Waals surface area (Å²) < 4.78 is 10.4. The molecule has 0 unspecified atom stereocenters. The van der Waals surface area contributed by atoms with E-state index in [4.69, 9.17) is 9.47 Å². The van der Waals surface area contributed by atoms with Crippen LogP contribution >= 0.6 is 0 Å². The van der Waals surface area contributed by atoms with Crippen molar-refractivity contribution in [1.82, 2.24) is 0 Å². The number of aromatic carboxylic acids is 1. The first-order chi connectivity index (χ1) is 11.6. The molecule has 0 saturated heterocycles. The van der Waals surface area contributed by atoms with Gasteiger partial charge < -0.3 is 19.9 Å². The molecule has 2 aromatic carbocycles. The van der Waals surface area contributed by atoms with Crippen molar-refractivity contribution >= 4 is 17.6 Å².